The van der Waals surface area contributed by atoms with E-state index in [1.807, 2.05) is 0 Å². The van der Waals surface area contributed by atoms with Crippen molar-refractivity contribution < 1.29 is 0 Å². The Kier molecular flexibility index (Phi) is 7.88. The molecule has 0 aromatic heterocycles. The lowest BCUT2D eigenvalue weighted by Gasteiger charge is -2.36. The van der Waals surface area contributed by atoms with Gasteiger partial charge in [-0.1, -0.05) is 69.4 Å². The molecule has 8 rings (SSSR count). The van der Waals surface area contributed by atoms with Gasteiger partial charge in [-0.05, 0) is 170 Å². The van der Waals surface area contributed by atoms with Crippen LogP contribution in [0.3, 0.4) is 0 Å². The molecule has 0 bridgehead atoms. The molecular formula is C43H52N2. The number of hydrogen-bond acceptors (Lipinski definition) is 2. The largest absolute Gasteiger partial charge is 0.367 e. The second-order valence-corrected chi connectivity index (χ2v) is 14.9. The van der Waals surface area contributed by atoms with E-state index in [4.69, 9.17) is 0 Å². The zero-order valence-corrected chi connectivity index (χ0v) is 27.9. The van der Waals surface area contributed by atoms with Gasteiger partial charge in [-0.15, -0.1) is 0 Å². The summed E-state index contributed by atoms with van der Waals surface area (Å²) in [5.74, 6) is 1.98. The molecule has 2 aromatic carbocycles. The molecule has 45 heavy (non-hydrogen) atoms. The van der Waals surface area contributed by atoms with Crippen molar-refractivity contribution in [3.8, 4) is 11.1 Å². The molecule has 0 radical (unpaired) electrons. The Labute approximate surface area is 272 Å². The topological polar surface area (TPSA) is 15.3 Å². The standard InChI is InChI=1S/C43H52N2/c1-4-41-44-39-18-9-10-19-40(39)45(41)33-23-20-30(21-24-33)42-35-14-5-7-16-37(35)43(38-17-8-6-15-36(38)42)34-25-22-32(27-29(34)3)31-13-11-12-28(2)26-31/h7-8,16-17,20-24,26,28-29,34,41,44H,4-6,9-15,18-19,25,27H2,1-3H3/t28?,29?,34-,41?/m1/s1. The molecule has 1 heterocycles. The van der Waals surface area contributed by atoms with Crippen molar-refractivity contribution in [2.75, 3.05) is 4.90 Å². The number of hydrogen-bond donors (Lipinski definition) is 1. The zero-order valence-electron chi connectivity index (χ0n) is 27.9. The van der Waals surface area contributed by atoms with Crippen molar-refractivity contribution in [3.05, 3.63) is 98.9 Å². The van der Waals surface area contributed by atoms with E-state index in [0.717, 1.165) is 38.0 Å². The summed E-state index contributed by atoms with van der Waals surface area (Å²) in [4.78, 5) is 2.62. The van der Waals surface area contributed by atoms with E-state index in [2.05, 4.69) is 91.7 Å². The lowest BCUT2D eigenvalue weighted by atomic mass is 9.68. The van der Waals surface area contributed by atoms with E-state index in [1.165, 1.54) is 74.7 Å². The fraction of sp³-hybridized carbons (Fsp3) is 0.488. The molecule has 1 N–H and O–H groups in total. The Balaban J connectivity index is 1.19. The van der Waals surface area contributed by atoms with Crippen LogP contribution in [0.1, 0.15) is 132 Å². The molecule has 0 fully saturated rings. The molecular weight excluding hydrogens is 544 g/mol. The first kappa shape index (κ1) is 29.2. The quantitative estimate of drug-likeness (QED) is 0.369. The third-order valence-corrected chi connectivity index (χ3v) is 11.9. The van der Waals surface area contributed by atoms with E-state index in [1.54, 1.807) is 50.2 Å². The molecule has 234 valence electrons. The van der Waals surface area contributed by atoms with Crippen LogP contribution < -0.4 is 10.2 Å². The Hall–Kier alpha value is -3.26. The average Bonchev–Trinajstić information content (AvgIpc) is 3.46. The van der Waals surface area contributed by atoms with Gasteiger partial charge < -0.3 is 10.2 Å². The lowest BCUT2D eigenvalue weighted by molar-refractivity contribution is 0.433. The van der Waals surface area contributed by atoms with E-state index >= 15 is 0 Å². The molecule has 0 saturated heterocycles. The summed E-state index contributed by atoms with van der Waals surface area (Å²) in [5, 5.41) is 3.87. The molecule has 1 aliphatic heterocycles. The number of benzene rings is 2. The van der Waals surface area contributed by atoms with E-state index in [-0.39, 0.29) is 0 Å². The summed E-state index contributed by atoms with van der Waals surface area (Å²) in [6.07, 6.45) is 32.7. The fourth-order valence-electron chi connectivity index (χ4n) is 9.73. The average molecular weight is 597 g/mol. The zero-order chi connectivity index (χ0) is 30.5. The minimum Gasteiger partial charge on any atom is -0.367 e. The maximum absolute atomic E-state index is 3.87. The van der Waals surface area contributed by atoms with E-state index < -0.39 is 0 Å². The highest BCUT2D eigenvalue weighted by Crippen LogP contribution is 2.50. The highest BCUT2D eigenvalue weighted by molar-refractivity contribution is 5.85. The number of allylic oxidation sites excluding steroid dienone is 8. The van der Waals surface area contributed by atoms with Crippen LogP contribution in [0.5, 0.6) is 0 Å². The smallest absolute Gasteiger partial charge is 0.103 e. The number of anilines is 1. The molecule has 0 amide bonds. The van der Waals surface area contributed by atoms with Crippen LogP contribution in [-0.4, -0.2) is 6.17 Å². The number of nitrogens with one attached hydrogen (secondary N) is 1. The summed E-state index contributed by atoms with van der Waals surface area (Å²) in [5.41, 5.74) is 18.7. The Bertz CT molecular complexity index is 1580. The second kappa shape index (κ2) is 12.2. The van der Waals surface area contributed by atoms with Crippen molar-refractivity contribution >= 4 is 17.8 Å². The maximum atomic E-state index is 3.87. The first-order valence-corrected chi connectivity index (χ1v) is 18.4. The molecule has 2 aromatic rings. The highest BCUT2D eigenvalue weighted by Gasteiger charge is 2.34. The van der Waals surface area contributed by atoms with Gasteiger partial charge in [-0.2, -0.15) is 0 Å². The molecule has 5 aliphatic carbocycles. The maximum Gasteiger partial charge on any atom is 0.103 e. The van der Waals surface area contributed by atoms with Crippen LogP contribution >= 0.6 is 0 Å². The number of nitrogens with zero attached hydrogens (tertiary/aromatic N) is 1. The molecule has 3 unspecified atom stereocenters. The van der Waals surface area contributed by atoms with Gasteiger partial charge in [-0.25, -0.2) is 0 Å². The van der Waals surface area contributed by atoms with Gasteiger partial charge in [0, 0.05) is 17.1 Å². The summed E-state index contributed by atoms with van der Waals surface area (Å²) >= 11 is 0. The second-order valence-electron chi connectivity index (χ2n) is 14.9. The highest BCUT2D eigenvalue weighted by atomic mass is 15.3. The van der Waals surface area contributed by atoms with E-state index in [9.17, 15) is 0 Å². The van der Waals surface area contributed by atoms with Crippen molar-refractivity contribution in [3.63, 3.8) is 0 Å². The van der Waals surface area contributed by atoms with Crippen LogP contribution in [0.2, 0.25) is 0 Å². The van der Waals surface area contributed by atoms with Gasteiger partial charge in [0.15, 0.2) is 0 Å². The van der Waals surface area contributed by atoms with Crippen molar-refractivity contribution in [2.45, 2.75) is 123 Å². The van der Waals surface area contributed by atoms with Crippen LogP contribution in [-0.2, 0) is 12.8 Å². The summed E-state index contributed by atoms with van der Waals surface area (Å²) in [6.45, 7) is 7.26. The van der Waals surface area contributed by atoms with Gasteiger partial charge in [0.1, 0.15) is 6.17 Å². The molecule has 0 spiro atoms. The minimum atomic E-state index is 0.388. The Morgan fingerprint density at radius 3 is 2.24 bits per heavy atom. The molecule has 4 atom stereocenters. The molecule has 2 nitrogen and oxygen atoms in total. The van der Waals surface area contributed by atoms with Gasteiger partial charge in [0.05, 0.1) is 0 Å². The summed E-state index contributed by atoms with van der Waals surface area (Å²) in [6, 6.07) is 9.74. The first-order valence-electron chi connectivity index (χ1n) is 18.4. The van der Waals surface area contributed by atoms with Gasteiger partial charge in [-0.3, -0.25) is 0 Å². The lowest BCUT2D eigenvalue weighted by Crippen LogP contribution is -2.36. The first-order chi connectivity index (χ1) is 22.1. The summed E-state index contributed by atoms with van der Waals surface area (Å²) < 4.78 is 0. The van der Waals surface area contributed by atoms with Crippen molar-refractivity contribution in [1.82, 2.24) is 5.32 Å². The van der Waals surface area contributed by atoms with Gasteiger partial charge in [0.2, 0.25) is 0 Å². The predicted octanol–water partition coefficient (Wildman–Crippen LogP) is 11.4. The Morgan fingerprint density at radius 2 is 1.56 bits per heavy atom. The third-order valence-electron chi connectivity index (χ3n) is 11.9. The van der Waals surface area contributed by atoms with Gasteiger partial charge >= 0.3 is 0 Å². The molecule has 2 heteroatoms. The van der Waals surface area contributed by atoms with Crippen LogP contribution in [0.25, 0.3) is 23.3 Å². The predicted molar refractivity (Wildman–Crippen MR) is 192 cm³/mol. The monoisotopic (exact) mass is 596 g/mol. The van der Waals surface area contributed by atoms with Gasteiger partial charge in [0.25, 0.3) is 0 Å². The van der Waals surface area contributed by atoms with Crippen LogP contribution in [0.4, 0.5) is 5.69 Å². The third kappa shape index (κ3) is 5.17. The molecule has 6 aliphatic rings. The number of fused-ring (bicyclic) bond motifs is 2. The SMILES string of the molecule is CCC1NC2=C(CCCC2)N1c1ccc(-c2c3c(c([C@@H]4CC=C(C5=CC(C)CCC5)CC4C)c4c2CCC=C4)C=CCC3)cc1. The van der Waals surface area contributed by atoms with Crippen LogP contribution in [0.15, 0.2) is 71.1 Å². The summed E-state index contributed by atoms with van der Waals surface area (Å²) in [7, 11) is 0. The normalized spacial score (nSPS) is 27.4. The Morgan fingerprint density at radius 1 is 0.822 bits per heavy atom. The minimum absolute atomic E-state index is 0.388. The van der Waals surface area contributed by atoms with Crippen molar-refractivity contribution in [2.24, 2.45) is 11.8 Å². The fourth-order valence-corrected chi connectivity index (χ4v) is 9.73. The van der Waals surface area contributed by atoms with Crippen LogP contribution in [0, 0.1) is 11.8 Å². The van der Waals surface area contributed by atoms with Crippen molar-refractivity contribution in [1.29, 1.82) is 0 Å². The van der Waals surface area contributed by atoms with E-state index in [0.29, 0.717) is 18.0 Å². The number of rotatable bonds is 5. The molecule has 0 saturated carbocycles.